The van der Waals surface area contributed by atoms with Gasteiger partial charge in [-0.2, -0.15) is 0 Å². The van der Waals surface area contributed by atoms with Gasteiger partial charge in [-0.05, 0) is 30.9 Å². The number of urea groups is 1. The molecule has 0 bridgehead atoms. The summed E-state index contributed by atoms with van der Waals surface area (Å²) in [5, 5.41) is 5.74. The lowest BCUT2D eigenvalue weighted by molar-refractivity contribution is 0.235. The smallest absolute Gasteiger partial charge is 0.314 e. The summed E-state index contributed by atoms with van der Waals surface area (Å²) in [7, 11) is 0. The van der Waals surface area contributed by atoms with E-state index >= 15 is 0 Å². The van der Waals surface area contributed by atoms with Crippen molar-refractivity contribution in [3.8, 4) is 5.75 Å². The van der Waals surface area contributed by atoms with E-state index in [1.165, 1.54) is 25.7 Å². The number of hydrogen-bond donors (Lipinski definition) is 2. The fraction of sp³-hybridized carbons (Fsp3) is 0.588. The van der Waals surface area contributed by atoms with E-state index in [9.17, 15) is 4.79 Å². The maximum atomic E-state index is 11.6. The number of amides is 2. The minimum atomic E-state index is -0.0959. The van der Waals surface area contributed by atoms with Gasteiger partial charge in [0.15, 0.2) is 0 Å². The Morgan fingerprint density at radius 3 is 2.67 bits per heavy atom. The van der Waals surface area contributed by atoms with E-state index in [-0.39, 0.29) is 6.03 Å². The molecule has 2 rings (SSSR count). The normalized spacial score (nSPS) is 14.9. The molecule has 2 N–H and O–H groups in total. The van der Waals surface area contributed by atoms with Gasteiger partial charge < -0.3 is 15.4 Å². The molecule has 1 saturated carbocycles. The standard InChI is InChI=1S/C17H26N2O2/c1-14-6-2-5-9-16(14)21-13-12-19-17(20)18-11-10-15-7-3-4-8-15/h2,5-6,9,15H,3-4,7-8,10-13H2,1H3,(H2,18,19,20). The van der Waals surface area contributed by atoms with E-state index in [0.29, 0.717) is 13.2 Å². The average molecular weight is 290 g/mol. The topological polar surface area (TPSA) is 50.4 Å². The lowest BCUT2D eigenvalue weighted by atomic mass is 10.0. The van der Waals surface area contributed by atoms with Gasteiger partial charge in [0.2, 0.25) is 0 Å². The van der Waals surface area contributed by atoms with Crippen LogP contribution in [0.3, 0.4) is 0 Å². The van der Waals surface area contributed by atoms with E-state index in [1.54, 1.807) is 0 Å². The third-order valence-corrected chi connectivity index (χ3v) is 4.05. The second-order valence-electron chi connectivity index (χ2n) is 5.74. The third-order valence-electron chi connectivity index (χ3n) is 4.05. The summed E-state index contributed by atoms with van der Waals surface area (Å²) >= 11 is 0. The zero-order chi connectivity index (χ0) is 14.9. The number of nitrogens with one attached hydrogen (secondary N) is 2. The Morgan fingerprint density at radius 1 is 1.19 bits per heavy atom. The van der Waals surface area contributed by atoms with Crippen molar-refractivity contribution < 1.29 is 9.53 Å². The SMILES string of the molecule is Cc1ccccc1OCCNC(=O)NCCC1CCCC1. The Labute approximate surface area is 127 Å². The van der Waals surface area contributed by atoms with E-state index in [0.717, 1.165) is 30.2 Å². The maximum Gasteiger partial charge on any atom is 0.314 e. The Balaban J connectivity index is 1.52. The molecule has 1 aliphatic rings. The van der Waals surface area contributed by atoms with Gasteiger partial charge in [0.05, 0.1) is 6.54 Å². The van der Waals surface area contributed by atoms with Crippen molar-refractivity contribution in [1.29, 1.82) is 0 Å². The monoisotopic (exact) mass is 290 g/mol. The summed E-state index contributed by atoms with van der Waals surface area (Å²) in [5.41, 5.74) is 1.11. The highest BCUT2D eigenvalue weighted by Crippen LogP contribution is 2.26. The Morgan fingerprint density at radius 2 is 1.90 bits per heavy atom. The molecular formula is C17H26N2O2. The van der Waals surface area contributed by atoms with Gasteiger partial charge in [0, 0.05) is 6.54 Å². The number of carbonyl (C=O) groups excluding carboxylic acids is 1. The number of para-hydroxylation sites is 1. The van der Waals surface area contributed by atoms with Crippen molar-refractivity contribution >= 4 is 6.03 Å². The molecule has 1 aromatic carbocycles. The summed E-state index contributed by atoms with van der Waals surface area (Å²) < 4.78 is 5.63. The van der Waals surface area contributed by atoms with Gasteiger partial charge in [-0.1, -0.05) is 43.9 Å². The molecule has 0 aliphatic heterocycles. The van der Waals surface area contributed by atoms with Crippen molar-refractivity contribution in [2.75, 3.05) is 19.7 Å². The van der Waals surface area contributed by atoms with Crippen LogP contribution in [0.2, 0.25) is 0 Å². The van der Waals surface area contributed by atoms with E-state index in [1.807, 2.05) is 31.2 Å². The fourth-order valence-electron chi connectivity index (χ4n) is 2.80. The second kappa shape index (κ2) is 8.55. The van der Waals surface area contributed by atoms with Crippen LogP contribution in [0.15, 0.2) is 24.3 Å². The first-order chi connectivity index (χ1) is 10.3. The summed E-state index contributed by atoms with van der Waals surface area (Å²) in [6, 6.07) is 7.79. The summed E-state index contributed by atoms with van der Waals surface area (Å²) in [4.78, 5) is 11.6. The third kappa shape index (κ3) is 5.66. The van der Waals surface area contributed by atoms with Crippen molar-refractivity contribution in [1.82, 2.24) is 10.6 Å². The van der Waals surface area contributed by atoms with Crippen molar-refractivity contribution in [2.24, 2.45) is 5.92 Å². The van der Waals surface area contributed by atoms with Gasteiger partial charge in [-0.3, -0.25) is 0 Å². The van der Waals surface area contributed by atoms with E-state index in [4.69, 9.17) is 4.74 Å². The largest absolute Gasteiger partial charge is 0.491 e. The molecule has 0 heterocycles. The van der Waals surface area contributed by atoms with Crippen LogP contribution in [0.25, 0.3) is 0 Å². The quantitative estimate of drug-likeness (QED) is 0.757. The summed E-state index contributed by atoms with van der Waals surface area (Å²) in [6.07, 6.45) is 6.47. The van der Waals surface area contributed by atoms with Crippen LogP contribution in [-0.4, -0.2) is 25.7 Å². The predicted molar refractivity (Wildman–Crippen MR) is 84.7 cm³/mol. The number of rotatable bonds is 7. The van der Waals surface area contributed by atoms with Crippen LogP contribution in [0.1, 0.15) is 37.7 Å². The molecule has 0 saturated heterocycles. The number of hydrogen-bond acceptors (Lipinski definition) is 2. The number of ether oxygens (including phenoxy) is 1. The summed E-state index contributed by atoms with van der Waals surface area (Å²) in [5.74, 6) is 1.69. The first-order valence-corrected chi connectivity index (χ1v) is 7.96. The first kappa shape index (κ1) is 15.7. The van der Waals surface area contributed by atoms with Crippen molar-refractivity contribution in [3.05, 3.63) is 29.8 Å². The van der Waals surface area contributed by atoms with Crippen LogP contribution in [0.5, 0.6) is 5.75 Å². The minimum Gasteiger partial charge on any atom is -0.491 e. The maximum absolute atomic E-state index is 11.6. The molecule has 1 fully saturated rings. The Bertz CT molecular complexity index is 442. The average Bonchev–Trinajstić information content (AvgIpc) is 2.98. The molecular weight excluding hydrogens is 264 g/mol. The first-order valence-electron chi connectivity index (χ1n) is 7.96. The lowest BCUT2D eigenvalue weighted by Gasteiger charge is -2.12. The molecule has 2 amide bonds. The molecule has 0 atom stereocenters. The Hall–Kier alpha value is -1.71. The zero-order valence-electron chi connectivity index (χ0n) is 12.9. The molecule has 4 nitrogen and oxygen atoms in total. The number of aryl methyl sites for hydroxylation is 1. The highest BCUT2D eigenvalue weighted by atomic mass is 16.5. The van der Waals surface area contributed by atoms with Crippen molar-refractivity contribution in [2.45, 2.75) is 39.0 Å². The molecule has 0 radical (unpaired) electrons. The van der Waals surface area contributed by atoms with E-state index < -0.39 is 0 Å². The molecule has 1 aromatic rings. The minimum absolute atomic E-state index is 0.0959. The zero-order valence-corrected chi connectivity index (χ0v) is 12.9. The van der Waals surface area contributed by atoms with Crippen LogP contribution in [0.4, 0.5) is 4.79 Å². The highest BCUT2D eigenvalue weighted by molar-refractivity contribution is 5.73. The molecule has 1 aliphatic carbocycles. The van der Waals surface area contributed by atoms with Crippen LogP contribution in [-0.2, 0) is 0 Å². The second-order valence-corrected chi connectivity index (χ2v) is 5.74. The van der Waals surface area contributed by atoms with Gasteiger partial charge in [0.25, 0.3) is 0 Å². The number of carbonyl (C=O) groups is 1. The molecule has 0 unspecified atom stereocenters. The molecule has 0 aromatic heterocycles. The lowest BCUT2D eigenvalue weighted by Crippen LogP contribution is -2.38. The molecule has 0 spiro atoms. The van der Waals surface area contributed by atoms with E-state index in [2.05, 4.69) is 10.6 Å². The van der Waals surface area contributed by atoms with Crippen molar-refractivity contribution in [3.63, 3.8) is 0 Å². The molecule has 116 valence electrons. The molecule has 4 heteroatoms. The predicted octanol–water partition coefficient (Wildman–Crippen LogP) is 3.25. The van der Waals surface area contributed by atoms with Gasteiger partial charge in [-0.25, -0.2) is 4.79 Å². The fourth-order valence-corrected chi connectivity index (χ4v) is 2.80. The van der Waals surface area contributed by atoms with Gasteiger partial charge >= 0.3 is 6.03 Å². The van der Waals surface area contributed by atoms with Gasteiger partial charge in [0.1, 0.15) is 12.4 Å². The van der Waals surface area contributed by atoms with Crippen LogP contribution in [0, 0.1) is 12.8 Å². The number of benzene rings is 1. The Kier molecular flexibility index (Phi) is 6.38. The summed E-state index contributed by atoms with van der Waals surface area (Å²) in [6.45, 7) is 3.79. The van der Waals surface area contributed by atoms with Gasteiger partial charge in [-0.15, -0.1) is 0 Å². The highest BCUT2D eigenvalue weighted by Gasteiger charge is 2.14. The van der Waals surface area contributed by atoms with Crippen LogP contribution < -0.4 is 15.4 Å². The van der Waals surface area contributed by atoms with Crippen LogP contribution >= 0.6 is 0 Å². The molecule has 21 heavy (non-hydrogen) atoms.